The van der Waals surface area contributed by atoms with E-state index in [9.17, 15) is 4.79 Å². The fourth-order valence-corrected chi connectivity index (χ4v) is 0.742. The maximum absolute atomic E-state index is 11.1. The zero-order valence-electron chi connectivity index (χ0n) is 8.13. The highest BCUT2D eigenvalue weighted by Gasteiger charge is 2.15. The summed E-state index contributed by atoms with van der Waals surface area (Å²) in [6.45, 7) is 7.78. The van der Waals surface area contributed by atoms with Crippen LogP contribution < -0.4 is 0 Å². The van der Waals surface area contributed by atoms with Gasteiger partial charge in [-0.15, -0.1) is 0 Å². The number of hydrogen-bond donors (Lipinski definition) is 0. The van der Waals surface area contributed by atoms with E-state index in [4.69, 9.17) is 16.3 Å². The summed E-state index contributed by atoms with van der Waals surface area (Å²) in [4.78, 5) is 11.1. The summed E-state index contributed by atoms with van der Waals surface area (Å²) < 4.78 is 4.95. The average Bonchev–Trinajstić information content (AvgIpc) is 1.84. The molecule has 0 aliphatic carbocycles. The third-order valence-electron chi connectivity index (χ3n) is 1.34. The summed E-state index contributed by atoms with van der Waals surface area (Å²) in [5, 5.41) is 0. The largest absolute Gasteiger partial charge is 0.446 e. The minimum atomic E-state index is -0.490. The predicted molar refractivity (Wildman–Crippen MR) is 50.0 cm³/mol. The maximum atomic E-state index is 11.1. The van der Waals surface area contributed by atoms with Crippen molar-refractivity contribution in [3.8, 4) is 0 Å². The molecule has 0 spiro atoms. The molecule has 0 amide bonds. The van der Waals surface area contributed by atoms with E-state index in [0.717, 1.165) is 0 Å². The van der Waals surface area contributed by atoms with Gasteiger partial charge in [0.2, 0.25) is 0 Å². The van der Waals surface area contributed by atoms with E-state index in [2.05, 4.69) is 0 Å². The maximum Gasteiger partial charge on any atom is 0.307 e. The Kier molecular flexibility index (Phi) is 5.31. The molecular weight excluding hydrogens is 176 g/mol. The van der Waals surface area contributed by atoms with Gasteiger partial charge >= 0.3 is 5.97 Å². The molecule has 3 heteroatoms. The molecule has 0 aromatic heterocycles. The van der Waals surface area contributed by atoms with Gasteiger partial charge in [0, 0.05) is 12.3 Å². The zero-order valence-corrected chi connectivity index (χ0v) is 8.89. The number of rotatable bonds is 4. The van der Waals surface area contributed by atoms with Crippen LogP contribution in [0.5, 0.6) is 0 Å². The van der Waals surface area contributed by atoms with Gasteiger partial charge in [0.25, 0.3) is 0 Å². The highest BCUT2D eigenvalue weighted by molar-refractivity contribution is 6.20. The lowest BCUT2D eigenvalue weighted by Gasteiger charge is -2.14. The topological polar surface area (TPSA) is 26.3 Å². The van der Waals surface area contributed by atoms with Gasteiger partial charge in [-0.25, -0.2) is 0 Å². The van der Waals surface area contributed by atoms with E-state index >= 15 is 0 Å². The van der Waals surface area contributed by atoms with E-state index in [1.165, 1.54) is 0 Å². The molecule has 0 aliphatic rings. The Labute approximate surface area is 79.2 Å². The summed E-state index contributed by atoms with van der Waals surface area (Å²) in [5.41, 5.74) is -0.490. The first-order valence-corrected chi connectivity index (χ1v) is 4.70. The molecule has 0 heterocycles. The molecule has 0 aliphatic heterocycles. The number of carbonyl (C=O) groups excluding carboxylic acids is 1. The second kappa shape index (κ2) is 5.41. The first-order chi connectivity index (χ1) is 5.43. The van der Waals surface area contributed by atoms with Crippen LogP contribution >= 0.6 is 11.6 Å². The molecule has 0 fully saturated rings. The molecule has 0 saturated heterocycles. The van der Waals surface area contributed by atoms with E-state index in [-0.39, 0.29) is 11.9 Å². The SMILES string of the molecule is CC(C)CC(=O)O[C@H](Cl)C(C)C. The van der Waals surface area contributed by atoms with E-state index in [1.807, 2.05) is 27.7 Å². The second-order valence-electron chi connectivity index (χ2n) is 3.68. The molecule has 72 valence electrons. The average molecular weight is 193 g/mol. The molecule has 0 aromatic rings. The Balaban J connectivity index is 3.69. The third kappa shape index (κ3) is 5.42. The molecule has 12 heavy (non-hydrogen) atoms. The number of ether oxygens (including phenoxy) is 1. The number of esters is 1. The molecule has 0 rings (SSSR count). The first kappa shape index (κ1) is 11.8. The van der Waals surface area contributed by atoms with Crippen LogP contribution in [0.1, 0.15) is 34.1 Å². The van der Waals surface area contributed by atoms with Gasteiger partial charge in [-0.3, -0.25) is 4.79 Å². The van der Waals surface area contributed by atoms with Gasteiger partial charge in [-0.05, 0) is 5.92 Å². The Morgan fingerprint density at radius 2 is 1.83 bits per heavy atom. The van der Waals surface area contributed by atoms with E-state index in [1.54, 1.807) is 0 Å². The number of halogens is 1. The van der Waals surface area contributed by atoms with Crippen molar-refractivity contribution < 1.29 is 9.53 Å². The van der Waals surface area contributed by atoms with Crippen LogP contribution in [0.2, 0.25) is 0 Å². The Bertz CT molecular complexity index is 143. The van der Waals surface area contributed by atoms with Crippen LogP contribution in [0.15, 0.2) is 0 Å². The molecule has 0 N–H and O–H groups in total. The second-order valence-corrected chi connectivity index (χ2v) is 4.11. The molecule has 0 unspecified atom stereocenters. The lowest BCUT2D eigenvalue weighted by molar-refractivity contribution is -0.147. The van der Waals surface area contributed by atoms with Gasteiger partial charge in [-0.2, -0.15) is 0 Å². The van der Waals surface area contributed by atoms with Crippen molar-refractivity contribution in [1.82, 2.24) is 0 Å². The lowest BCUT2D eigenvalue weighted by Crippen LogP contribution is -2.18. The molecule has 0 aromatic carbocycles. The first-order valence-electron chi connectivity index (χ1n) is 4.27. The monoisotopic (exact) mass is 192 g/mol. The van der Waals surface area contributed by atoms with Gasteiger partial charge in [0.1, 0.15) is 0 Å². The normalized spacial score (nSPS) is 13.6. The number of hydrogen-bond acceptors (Lipinski definition) is 2. The van der Waals surface area contributed by atoms with Crippen molar-refractivity contribution in [3.63, 3.8) is 0 Å². The minimum Gasteiger partial charge on any atom is -0.446 e. The van der Waals surface area contributed by atoms with Crippen LogP contribution in [-0.2, 0) is 9.53 Å². The van der Waals surface area contributed by atoms with Crippen LogP contribution in [0.25, 0.3) is 0 Å². The van der Waals surface area contributed by atoms with Crippen molar-refractivity contribution in [2.24, 2.45) is 11.8 Å². The van der Waals surface area contributed by atoms with Gasteiger partial charge < -0.3 is 4.74 Å². The van der Waals surface area contributed by atoms with Crippen molar-refractivity contribution in [2.75, 3.05) is 0 Å². The van der Waals surface area contributed by atoms with Crippen LogP contribution in [0.4, 0.5) is 0 Å². The molecule has 1 atom stereocenters. The highest BCUT2D eigenvalue weighted by Crippen LogP contribution is 2.13. The highest BCUT2D eigenvalue weighted by atomic mass is 35.5. The summed E-state index contributed by atoms with van der Waals surface area (Å²) >= 11 is 5.75. The van der Waals surface area contributed by atoms with E-state index < -0.39 is 5.56 Å². The number of alkyl halides is 1. The zero-order chi connectivity index (χ0) is 9.72. The minimum absolute atomic E-state index is 0.169. The van der Waals surface area contributed by atoms with Crippen molar-refractivity contribution in [1.29, 1.82) is 0 Å². The molecule has 0 bridgehead atoms. The van der Waals surface area contributed by atoms with Crippen LogP contribution in [-0.4, -0.2) is 11.5 Å². The van der Waals surface area contributed by atoms with Crippen LogP contribution in [0, 0.1) is 11.8 Å². The lowest BCUT2D eigenvalue weighted by atomic mass is 10.1. The van der Waals surface area contributed by atoms with Crippen molar-refractivity contribution in [3.05, 3.63) is 0 Å². The summed E-state index contributed by atoms with van der Waals surface area (Å²) in [6.07, 6.45) is 0.440. The summed E-state index contributed by atoms with van der Waals surface area (Å²) in [5.74, 6) is 0.287. The Hall–Kier alpha value is -0.240. The third-order valence-corrected chi connectivity index (χ3v) is 1.94. The Morgan fingerprint density at radius 3 is 2.17 bits per heavy atom. The standard InChI is InChI=1S/C9H17ClO2/c1-6(2)5-8(11)12-9(10)7(3)4/h6-7,9H,5H2,1-4H3/t9-/m0/s1. The quantitative estimate of drug-likeness (QED) is 0.506. The molecule has 2 nitrogen and oxygen atoms in total. The molecule has 0 saturated carbocycles. The summed E-state index contributed by atoms with van der Waals surface area (Å²) in [7, 11) is 0. The fourth-order valence-electron chi connectivity index (χ4n) is 0.643. The smallest absolute Gasteiger partial charge is 0.307 e. The fraction of sp³-hybridized carbons (Fsp3) is 0.889. The van der Waals surface area contributed by atoms with Gasteiger partial charge in [-0.1, -0.05) is 39.3 Å². The molecular formula is C9H17ClO2. The summed E-state index contributed by atoms with van der Waals surface area (Å²) in [6, 6.07) is 0. The van der Waals surface area contributed by atoms with E-state index in [0.29, 0.717) is 12.3 Å². The predicted octanol–water partition coefficient (Wildman–Crippen LogP) is 2.80. The van der Waals surface area contributed by atoms with Gasteiger partial charge in [0.15, 0.2) is 5.56 Å². The molecule has 0 radical (unpaired) electrons. The van der Waals surface area contributed by atoms with Crippen molar-refractivity contribution >= 4 is 17.6 Å². The van der Waals surface area contributed by atoms with Gasteiger partial charge in [0.05, 0.1) is 0 Å². The van der Waals surface area contributed by atoms with Crippen LogP contribution in [0.3, 0.4) is 0 Å². The van der Waals surface area contributed by atoms with Crippen molar-refractivity contribution in [2.45, 2.75) is 39.7 Å². The Morgan fingerprint density at radius 1 is 1.33 bits per heavy atom. The number of carbonyl (C=O) groups is 1.